The highest BCUT2D eigenvalue weighted by Crippen LogP contribution is 2.03. The van der Waals surface area contributed by atoms with E-state index in [1.54, 1.807) is 7.11 Å². The summed E-state index contributed by atoms with van der Waals surface area (Å²) in [5.41, 5.74) is 2.78. The van der Waals surface area contributed by atoms with Gasteiger partial charge in [-0.25, -0.2) is 5.48 Å². The predicted molar refractivity (Wildman–Crippen MR) is 56.2 cm³/mol. The molecule has 0 radical (unpaired) electrons. The Labute approximate surface area is 86.9 Å². The Morgan fingerprint density at radius 3 is 2.36 bits per heavy atom. The van der Waals surface area contributed by atoms with Gasteiger partial charge in [0.05, 0.1) is 18.8 Å². The summed E-state index contributed by atoms with van der Waals surface area (Å²) in [4.78, 5) is 5.33. The molecule has 0 aliphatic rings. The molecular formula is C10H23NO3. The summed E-state index contributed by atoms with van der Waals surface area (Å²) in [6.07, 6.45) is 0.944. The highest BCUT2D eigenvalue weighted by molar-refractivity contribution is 4.56. The second-order valence-corrected chi connectivity index (χ2v) is 4.07. The van der Waals surface area contributed by atoms with Crippen LogP contribution in [0.5, 0.6) is 0 Å². The van der Waals surface area contributed by atoms with E-state index in [1.807, 2.05) is 20.8 Å². The van der Waals surface area contributed by atoms with Crippen molar-refractivity contribution in [3.63, 3.8) is 0 Å². The number of methoxy groups -OCH3 is 1. The summed E-state index contributed by atoms with van der Waals surface area (Å²) in [6.45, 7) is 8.90. The molecule has 0 spiro atoms. The largest absolute Gasteiger partial charge is 0.382 e. The molecule has 0 aromatic heterocycles. The molecule has 0 fully saturated rings. The van der Waals surface area contributed by atoms with E-state index < -0.39 is 0 Å². The second-order valence-electron chi connectivity index (χ2n) is 4.07. The molecule has 0 aliphatic heterocycles. The van der Waals surface area contributed by atoms with Gasteiger partial charge in [0.15, 0.2) is 0 Å². The Balaban J connectivity index is 2.99. The highest BCUT2D eigenvalue weighted by Gasteiger charge is 2.08. The van der Waals surface area contributed by atoms with Gasteiger partial charge in [-0.3, -0.25) is 4.84 Å². The van der Waals surface area contributed by atoms with Gasteiger partial charge < -0.3 is 9.47 Å². The zero-order valence-electron chi connectivity index (χ0n) is 9.76. The van der Waals surface area contributed by atoms with Crippen LogP contribution in [0.3, 0.4) is 0 Å². The van der Waals surface area contributed by atoms with Crippen molar-refractivity contribution in [1.82, 2.24) is 5.48 Å². The fourth-order valence-corrected chi connectivity index (χ4v) is 0.758. The van der Waals surface area contributed by atoms with Crippen molar-refractivity contribution >= 4 is 0 Å². The van der Waals surface area contributed by atoms with Gasteiger partial charge in [0.1, 0.15) is 0 Å². The summed E-state index contributed by atoms with van der Waals surface area (Å²) in [6, 6.07) is 0. The lowest BCUT2D eigenvalue weighted by Crippen LogP contribution is -2.30. The van der Waals surface area contributed by atoms with Crippen molar-refractivity contribution in [2.45, 2.75) is 32.8 Å². The zero-order valence-corrected chi connectivity index (χ0v) is 9.76. The molecule has 0 aromatic carbocycles. The average Bonchev–Trinajstić information content (AvgIpc) is 2.08. The molecule has 14 heavy (non-hydrogen) atoms. The SMILES string of the molecule is COCCOCCCNOC(C)(C)C. The fourth-order valence-electron chi connectivity index (χ4n) is 0.758. The van der Waals surface area contributed by atoms with Crippen LogP contribution in [-0.4, -0.2) is 39.1 Å². The first-order chi connectivity index (χ1) is 6.56. The van der Waals surface area contributed by atoms with Crippen molar-refractivity contribution in [2.24, 2.45) is 0 Å². The molecule has 0 aromatic rings. The van der Waals surface area contributed by atoms with Gasteiger partial charge in [0.2, 0.25) is 0 Å². The smallest absolute Gasteiger partial charge is 0.0812 e. The van der Waals surface area contributed by atoms with E-state index in [-0.39, 0.29) is 5.60 Å². The lowest BCUT2D eigenvalue weighted by molar-refractivity contribution is -0.0744. The summed E-state index contributed by atoms with van der Waals surface area (Å²) in [7, 11) is 1.67. The molecule has 0 atom stereocenters. The quantitative estimate of drug-likeness (QED) is 0.480. The van der Waals surface area contributed by atoms with E-state index in [1.165, 1.54) is 0 Å². The van der Waals surface area contributed by atoms with Crippen molar-refractivity contribution in [3.8, 4) is 0 Å². The van der Waals surface area contributed by atoms with Gasteiger partial charge >= 0.3 is 0 Å². The number of ether oxygens (including phenoxy) is 2. The van der Waals surface area contributed by atoms with E-state index in [0.29, 0.717) is 13.2 Å². The van der Waals surface area contributed by atoms with Crippen LogP contribution < -0.4 is 5.48 Å². The third kappa shape index (κ3) is 11.8. The van der Waals surface area contributed by atoms with Crippen LogP contribution >= 0.6 is 0 Å². The topological polar surface area (TPSA) is 39.7 Å². The van der Waals surface area contributed by atoms with E-state index in [9.17, 15) is 0 Å². The second kappa shape index (κ2) is 8.17. The Kier molecular flexibility index (Phi) is 8.08. The lowest BCUT2D eigenvalue weighted by atomic mass is 10.2. The van der Waals surface area contributed by atoms with Crippen molar-refractivity contribution < 1.29 is 14.3 Å². The first-order valence-corrected chi connectivity index (χ1v) is 5.04. The van der Waals surface area contributed by atoms with E-state index in [2.05, 4.69) is 5.48 Å². The Bertz CT molecular complexity index is 123. The molecule has 0 amide bonds. The number of hydrogen-bond acceptors (Lipinski definition) is 4. The van der Waals surface area contributed by atoms with Crippen molar-refractivity contribution in [1.29, 1.82) is 0 Å². The first-order valence-electron chi connectivity index (χ1n) is 5.04. The standard InChI is InChI=1S/C10H23NO3/c1-10(2,3)14-11-6-5-7-13-9-8-12-4/h11H,5-9H2,1-4H3. The minimum atomic E-state index is -0.128. The molecule has 0 aliphatic carbocycles. The minimum Gasteiger partial charge on any atom is -0.382 e. The molecule has 0 saturated heterocycles. The van der Waals surface area contributed by atoms with Crippen molar-refractivity contribution in [2.75, 3.05) is 33.5 Å². The number of hydroxylamine groups is 1. The van der Waals surface area contributed by atoms with Gasteiger partial charge in [-0.2, -0.15) is 0 Å². The Morgan fingerprint density at radius 2 is 1.79 bits per heavy atom. The maximum Gasteiger partial charge on any atom is 0.0812 e. The predicted octanol–water partition coefficient (Wildman–Crippen LogP) is 1.36. The number of hydrogen-bond donors (Lipinski definition) is 1. The third-order valence-electron chi connectivity index (χ3n) is 1.38. The lowest BCUT2D eigenvalue weighted by Gasteiger charge is -2.19. The Hall–Kier alpha value is -0.160. The maximum absolute atomic E-state index is 5.33. The molecule has 4 nitrogen and oxygen atoms in total. The first kappa shape index (κ1) is 13.8. The van der Waals surface area contributed by atoms with E-state index in [0.717, 1.165) is 19.6 Å². The third-order valence-corrected chi connectivity index (χ3v) is 1.38. The molecule has 0 heterocycles. The van der Waals surface area contributed by atoms with E-state index >= 15 is 0 Å². The summed E-state index contributed by atoms with van der Waals surface area (Å²) in [5, 5.41) is 0. The fraction of sp³-hybridized carbons (Fsp3) is 1.00. The Morgan fingerprint density at radius 1 is 1.07 bits per heavy atom. The summed E-state index contributed by atoms with van der Waals surface area (Å²) >= 11 is 0. The molecule has 86 valence electrons. The molecule has 0 unspecified atom stereocenters. The minimum absolute atomic E-state index is 0.128. The van der Waals surface area contributed by atoms with Crippen LogP contribution in [0.2, 0.25) is 0 Å². The summed E-state index contributed by atoms with van der Waals surface area (Å²) < 4.78 is 10.1. The van der Waals surface area contributed by atoms with Crippen LogP contribution in [0.4, 0.5) is 0 Å². The molecule has 0 saturated carbocycles. The normalized spacial score (nSPS) is 12.0. The molecule has 0 bridgehead atoms. The monoisotopic (exact) mass is 205 g/mol. The van der Waals surface area contributed by atoms with Crippen LogP contribution in [0, 0.1) is 0 Å². The van der Waals surface area contributed by atoms with Crippen LogP contribution in [0.15, 0.2) is 0 Å². The van der Waals surface area contributed by atoms with E-state index in [4.69, 9.17) is 14.3 Å². The molecule has 1 N–H and O–H groups in total. The van der Waals surface area contributed by atoms with Crippen LogP contribution in [-0.2, 0) is 14.3 Å². The zero-order chi connectivity index (χ0) is 10.9. The average molecular weight is 205 g/mol. The number of nitrogens with one attached hydrogen (secondary N) is 1. The van der Waals surface area contributed by atoms with Gasteiger partial charge in [0.25, 0.3) is 0 Å². The van der Waals surface area contributed by atoms with Gasteiger partial charge in [-0.1, -0.05) is 0 Å². The number of rotatable bonds is 8. The molecular weight excluding hydrogens is 182 g/mol. The van der Waals surface area contributed by atoms with Gasteiger partial charge in [-0.05, 0) is 27.2 Å². The van der Waals surface area contributed by atoms with Crippen LogP contribution in [0.25, 0.3) is 0 Å². The maximum atomic E-state index is 5.33. The van der Waals surface area contributed by atoms with Gasteiger partial charge in [-0.15, -0.1) is 0 Å². The van der Waals surface area contributed by atoms with Gasteiger partial charge in [0, 0.05) is 20.3 Å². The van der Waals surface area contributed by atoms with Crippen LogP contribution in [0.1, 0.15) is 27.2 Å². The highest BCUT2D eigenvalue weighted by atomic mass is 16.7. The molecule has 4 heteroatoms. The summed E-state index contributed by atoms with van der Waals surface area (Å²) in [5.74, 6) is 0. The molecule has 0 rings (SSSR count). The van der Waals surface area contributed by atoms with Crippen molar-refractivity contribution in [3.05, 3.63) is 0 Å².